The van der Waals surface area contributed by atoms with Gasteiger partial charge in [0.2, 0.25) is 0 Å². The van der Waals surface area contributed by atoms with Crippen LogP contribution in [0.3, 0.4) is 0 Å². The lowest BCUT2D eigenvalue weighted by molar-refractivity contribution is 0.576. The fourth-order valence-corrected chi connectivity index (χ4v) is 5.82. The standard InChI is InChI=1S/C34H46N4O/c1-10-36(11-2)26-16-18-28(23(7)20-26)30-22-25(9)31(32-33(30)39-34(35-32)38(14-5)15-6)29-19-17-27(21-24(29)8)37(12-3)13-4/h16-22H,10-15H2,1-9H3. The molecule has 5 nitrogen and oxygen atoms in total. The molecule has 4 aromatic rings. The van der Waals surface area contributed by atoms with Gasteiger partial charge < -0.3 is 19.1 Å². The van der Waals surface area contributed by atoms with Gasteiger partial charge in [0.05, 0.1) is 0 Å². The summed E-state index contributed by atoms with van der Waals surface area (Å²) in [7, 11) is 0. The molecule has 0 unspecified atom stereocenters. The summed E-state index contributed by atoms with van der Waals surface area (Å²) in [6.07, 6.45) is 0. The van der Waals surface area contributed by atoms with Crippen molar-refractivity contribution in [2.24, 2.45) is 0 Å². The highest BCUT2D eigenvalue weighted by Crippen LogP contribution is 2.42. The largest absolute Gasteiger partial charge is 0.423 e. The third-order valence-electron chi connectivity index (χ3n) is 8.12. The van der Waals surface area contributed by atoms with E-state index in [1.54, 1.807) is 0 Å². The summed E-state index contributed by atoms with van der Waals surface area (Å²) in [5, 5.41) is 0. The molecule has 4 rings (SSSR count). The van der Waals surface area contributed by atoms with Crippen molar-refractivity contribution < 1.29 is 4.42 Å². The first-order valence-corrected chi connectivity index (χ1v) is 14.7. The minimum atomic E-state index is 0.693. The van der Waals surface area contributed by atoms with E-state index in [9.17, 15) is 0 Å². The molecule has 1 aromatic heterocycles. The molecule has 0 N–H and O–H groups in total. The highest BCUT2D eigenvalue weighted by molar-refractivity contribution is 6.03. The van der Waals surface area contributed by atoms with Crippen LogP contribution < -0.4 is 14.7 Å². The molecule has 0 radical (unpaired) electrons. The minimum Gasteiger partial charge on any atom is -0.423 e. The molecule has 0 aliphatic rings. The van der Waals surface area contributed by atoms with Crippen molar-refractivity contribution in [2.75, 3.05) is 54.0 Å². The van der Waals surface area contributed by atoms with Gasteiger partial charge in [-0.3, -0.25) is 0 Å². The van der Waals surface area contributed by atoms with Gasteiger partial charge in [-0.25, -0.2) is 0 Å². The lowest BCUT2D eigenvalue weighted by Crippen LogP contribution is -2.21. The average Bonchev–Trinajstić information content (AvgIpc) is 3.36. The molecule has 0 spiro atoms. The molecule has 0 atom stereocenters. The summed E-state index contributed by atoms with van der Waals surface area (Å²) in [5.41, 5.74) is 12.7. The Labute approximate surface area is 235 Å². The average molecular weight is 527 g/mol. The topological polar surface area (TPSA) is 35.8 Å². The van der Waals surface area contributed by atoms with Gasteiger partial charge in [-0.2, -0.15) is 4.98 Å². The number of hydrogen-bond acceptors (Lipinski definition) is 5. The predicted octanol–water partition coefficient (Wildman–Crippen LogP) is 8.63. The third-order valence-corrected chi connectivity index (χ3v) is 8.12. The summed E-state index contributed by atoms with van der Waals surface area (Å²) in [6, 6.07) is 16.6. The van der Waals surface area contributed by atoms with Crippen molar-refractivity contribution in [1.82, 2.24) is 4.98 Å². The van der Waals surface area contributed by atoms with Gasteiger partial charge in [-0.1, -0.05) is 12.1 Å². The van der Waals surface area contributed by atoms with Gasteiger partial charge in [-0.05, 0) is 120 Å². The van der Waals surface area contributed by atoms with Gasteiger partial charge in [0.15, 0.2) is 5.58 Å². The van der Waals surface area contributed by atoms with Gasteiger partial charge >= 0.3 is 0 Å². The van der Waals surface area contributed by atoms with Crippen LogP contribution in [-0.4, -0.2) is 44.3 Å². The lowest BCUT2D eigenvalue weighted by Gasteiger charge is -2.23. The first-order chi connectivity index (χ1) is 18.8. The normalized spacial score (nSPS) is 11.3. The second-order valence-electron chi connectivity index (χ2n) is 10.3. The van der Waals surface area contributed by atoms with Crippen LogP contribution in [-0.2, 0) is 0 Å². The Morgan fingerprint density at radius 1 is 0.564 bits per heavy atom. The predicted molar refractivity (Wildman–Crippen MR) is 170 cm³/mol. The number of hydrogen-bond donors (Lipinski definition) is 0. The summed E-state index contributed by atoms with van der Waals surface area (Å²) >= 11 is 0. The molecule has 1 heterocycles. The molecular weight excluding hydrogens is 480 g/mol. The number of aromatic nitrogens is 1. The van der Waals surface area contributed by atoms with Crippen LogP contribution in [0.5, 0.6) is 0 Å². The second-order valence-corrected chi connectivity index (χ2v) is 10.3. The van der Waals surface area contributed by atoms with Crippen LogP contribution in [0.2, 0.25) is 0 Å². The molecule has 0 aliphatic heterocycles. The quantitative estimate of drug-likeness (QED) is 0.195. The van der Waals surface area contributed by atoms with Crippen LogP contribution in [0, 0.1) is 20.8 Å². The van der Waals surface area contributed by atoms with Gasteiger partial charge in [-0.15, -0.1) is 0 Å². The first-order valence-electron chi connectivity index (χ1n) is 14.7. The number of anilines is 3. The van der Waals surface area contributed by atoms with Gasteiger partial charge in [0.1, 0.15) is 5.52 Å². The van der Waals surface area contributed by atoms with Gasteiger partial charge in [0.25, 0.3) is 6.01 Å². The number of nitrogens with zero attached hydrogens (tertiary/aromatic N) is 4. The second kappa shape index (κ2) is 12.1. The van der Waals surface area contributed by atoms with E-state index < -0.39 is 0 Å². The zero-order chi connectivity index (χ0) is 28.3. The molecule has 0 fully saturated rings. The maximum absolute atomic E-state index is 6.62. The summed E-state index contributed by atoms with van der Waals surface area (Å²) in [5.74, 6) is 0. The Balaban J connectivity index is 1.95. The van der Waals surface area contributed by atoms with E-state index in [1.807, 2.05) is 0 Å². The van der Waals surface area contributed by atoms with Crippen LogP contribution in [0.25, 0.3) is 33.4 Å². The fourth-order valence-electron chi connectivity index (χ4n) is 5.82. The zero-order valence-corrected chi connectivity index (χ0v) is 25.5. The minimum absolute atomic E-state index is 0.693. The molecule has 0 aliphatic carbocycles. The Hall–Kier alpha value is -3.47. The fraction of sp³-hybridized carbons (Fsp3) is 0.441. The van der Waals surface area contributed by atoms with Crippen molar-refractivity contribution in [3.05, 3.63) is 59.2 Å². The van der Waals surface area contributed by atoms with Crippen LogP contribution in [0.15, 0.2) is 46.9 Å². The number of rotatable bonds is 11. The molecule has 0 saturated heterocycles. The van der Waals surface area contributed by atoms with Crippen molar-refractivity contribution in [1.29, 1.82) is 0 Å². The molecule has 0 bridgehead atoms. The maximum Gasteiger partial charge on any atom is 0.298 e. The number of benzene rings is 3. The lowest BCUT2D eigenvalue weighted by atomic mass is 9.90. The molecular formula is C34H46N4O. The van der Waals surface area contributed by atoms with E-state index in [2.05, 4.69) is 119 Å². The van der Waals surface area contributed by atoms with E-state index in [4.69, 9.17) is 9.40 Å². The van der Waals surface area contributed by atoms with E-state index >= 15 is 0 Å². The Kier molecular flexibility index (Phi) is 8.89. The summed E-state index contributed by atoms with van der Waals surface area (Å²) in [6.45, 7) is 25.4. The van der Waals surface area contributed by atoms with E-state index in [-0.39, 0.29) is 0 Å². The monoisotopic (exact) mass is 526 g/mol. The van der Waals surface area contributed by atoms with Crippen molar-refractivity contribution >= 4 is 28.5 Å². The molecule has 0 amide bonds. The Morgan fingerprint density at radius 2 is 1.05 bits per heavy atom. The smallest absolute Gasteiger partial charge is 0.298 e. The van der Waals surface area contributed by atoms with E-state index in [0.29, 0.717) is 6.01 Å². The van der Waals surface area contributed by atoms with Gasteiger partial charge in [0, 0.05) is 61.8 Å². The molecule has 0 saturated carbocycles. The number of aryl methyl sites for hydroxylation is 3. The zero-order valence-electron chi connectivity index (χ0n) is 25.5. The summed E-state index contributed by atoms with van der Waals surface area (Å²) < 4.78 is 6.62. The first kappa shape index (κ1) is 28.5. The Morgan fingerprint density at radius 3 is 1.51 bits per heavy atom. The van der Waals surface area contributed by atoms with Crippen molar-refractivity contribution in [3.63, 3.8) is 0 Å². The molecule has 5 heteroatoms. The highest BCUT2D eigenvalue weighted by atomic mass is 16.4. The number of fused-ring (bicyclic) bond motifs is 1. The van der Waals surface area contributed by atoms with Crippen molar-refractivity contribution in [3.8, 4) is 22.3 Å². The molecule has 208 valence electrons. The SMILES string of the molecule is CCN(CC)c1ccc(-c2c(C)cc(-c3ccc(N(CC)CC)cc3C)c3oc(N(CC)CC)nc23)c(C)c1. The molecule has 3 aromatic carbocycles. The third kappa shape index (κ3) is 5.36. The van der Waals surface area contributed by atoms with E-state index in [0.717, 1.165) is 61.5 Å². The van der Waals surface area contributed by atoms with Crippen LogP contribution in [0.4, 0.5) is 17.4 Å². The highest BCUT2D eigenvalue weighted by Gasteiger charge is 2.23. The van der Waals surface area contributed by atoms with Crippen LogP contribution >= 0.6 is 0 Å². The summed E-state index contributed by atoms with van der Waals surface area (Å²) in [4.78, 5) is 12.1. The van der Waals surface area contributed by atoms with Crippen LogP contribution in [0.1, 0.15) is 58.2 Å². The Bertz CT molecular complexity index is 1430. The van der Waals surface area contributed by atoms with Crippen molar-refractivity contribution in [2.45, 2.75) is 62.3 Å². The number of oxazole rings is 1. The van der Waals surface area contributed by atoms with E-state index in [1.165, 1.54) is 39.2 Å². The maximum atomic E-state index is 6.62. The molecule has 39 heavy (non-hydrogen) atoms.